The summed E-state index contributed by atoms with van der Waals surface area (Å²) in [7, 11) is 0. The topological polar surface area (TPSA) is 58.6 Å². The number of aliphatic hydroxyl groups is 1. The molecule has 0 saturated carbocycles. The van der Waals surface area contributed by atoms with Crippen molar-refractivity contribution in [2.45, 2.75) is 51.4 Å². The van der Waals surface area contributed by atoms with E-state index in [1.54, 1.807) is 6.92 Å². The quantitative estimate of drug-likeness (QED) is 0.896. The molecule has 0 aliphatic carbocycles. The molecule has 1 saturated heterocycles. The molecule has 2 heterocycles. The lowest BCUT2D eigenvalue weighted by molar-refractivity contribution is -0.134. The number of hydrogen-bond acceptors (Lipinski definition) is 4. The number of nitrogens with one attached hydrogen (secondary N) is 1. The fraction of sp³-hybridized carbons (Fsp3) is 0.667. The highest BCUT2D eigenvalue weighted by Crippen LogP contribution is 2.27. The zero-order valence-electron chi connectivity index (χ0n) is 12.3. The second-order valence-electron chi connectivity index (χ2n) is 5.89. The van der Waals surface area contributed by atoms with Gasteiger partial charge in [-0.3, -0.25) is 4.79 Å². The van der Waals surface area contributed by atoms with Crippen molar-refractivity contribution in [2.75, 3.05) is 6.54 Å². The van der Waals surface area contributed by atoms with Crippen LogP contribution in [0.5, 0.6) is 0 Å². The Bertz CT molecular complexity index is 434. The van der Waals surface area contributed by atoms with Crippen molar-refractivity contribution in [3.05, 3.63) is 22.4 Å². The van der Waals surface area contributed by atoms with E-state index in [0.29, 0.717) is 0 Å². The van der Waals surface area contributed by atoms with Crippen LogP contribution in [0.25, 0.3) is 0 Å². The van der Waals surface area contributed by atoms with E-state index in [1.807, 2.05) is 31.4 Å². The predicted octanol–water partition coefficient (Wildman–Crippen LogP) is 2.28. The van der Waals surface area contributed by atoms with Crippen LogP contribution in [0, 0.1) is 5.92 Å². The second kappa shape index (κ2) is 6.24. The summed E-state index contributed by atoms with van der Waals surface area (Å²) in [5.74, 6) is -0.00304. The number of carbonyl (C=O) groups excluding carboxylic acids is 1. The minimum absolute atomic E-state index is 0.0174. The highest BCUT2D eigenvalue weighted by Gasteiger charge is 2.31. The third kappa shape index (κ3) is 3.81. The largest absolute Gasteiger partial charge is 0.383 e. The van der Waals surface area contributed by atoms with E-state index in [4.69, 9.17) is 4.74 Å². The molecule has 3 unspecified atom stereocenters. The van der Waals surface area contributed by atoms with Gasteiger partial charge in [0.15, 0.2) is 0 Å². The Balaban J connectivity index is 1.89. The van der Waals surface area contributed by atoms with Crippen molar-refractivity contribution in [1.29, 1.82) is 0 Å². The van der Waals surface area contributed by atoms with Gasteiger partial charge in [-0.1, -0.05) is 6.07 Å². The molecule has 1 aliphatic rings. The third-order valence-corrected chi connectivity index (χ3v) is 4.85. The van der Waals surface area contributed by atoms with Crippen LogP contribution in [0.2, 0.25) is 0 Å². The fourth-order valence-corrected chi connectivity index (χ4v) is 3.48. The van der Waals surface area contributed by atoms with Gasteiger partial charge in [0, 0.05) is 10.8 Å². The molecular formula is C15H23NO3S. The Morgan fingerprint density at radius 1 is 1.50 bits per heavy atom. The summed E-state index contributed by atoms with van der Waals surface area (Å²) < 4.78 is 5.64. The molecule has 2 N–H and O–H groups in total. The molecule has 0 spiro atoms. The molecule has 1 aromatic heterocycles. The van der Waals surface area contributed by atoms with Gasteiger partial charge >= 0.3 is 0 Å². The van der Waals surface area contributed by atoms with E-state index in [2.05, 4.69) is 5.32 Å². The highest BCUT2D eigenvalue weighted by molar-refractivity contribution is 7.10. The van der Waals surface area contributed by atoms with Crippen molar-refractivity contribution < 1.29 is 14.6 Å². The molecule has 2 rings (SSSR count). The minimum Gasteiger partial charge on any atom is -0.383 e. The Labute approximate surface area is 124 Å². The van der Waals surface area contributed by atoms with Crippen LogP contribution in [0.1, 0.15) is 38.5 Å². The summed E-state index contributed by atoms with van der Waals surface area (Å²) in [5, 5.41) is 15.2. The molecule has 3 atom stereocenters. The number of amides is 1. The van der Waals surface area contributed by atoms with E-state index < -0.39 is 5.60 Å². The fourth-order valence-electron chi connectivity index (χ4n) is 2.70. The van der Waals surface area contributed by atoms with Crippen molar-refractivity contribution in [2.24, 2.45) is 5.92 Å². The number of thiophene rings is 1. The van der Waals surface area contributed by atoms with Gasteiger partial charge in [0.25, 0.3) is 0 Å². The van der Waals surface area contributed by atoms with Crippen LogP contribution in [-0.2, 0) is 15.1 Å². The highest BCUT2D eigenvalue weighted by atomic mass is 32.1. The summed E-state index contributed by atoms with van der Waals surface area (Å²) in [6, 6.07) is 3.79. The summed E-state index contributed by atoms with van der Waals surface area (Å²) in [4.78, 5) is 13.1. The molecule has 0 aromatic carbocycles. The maximum absolute atomic E-state index is 12.2. The van der Waals surface area contributed by atoms with Crippen molar-refractivity contribution in [3.63, 3.8) is 0 Å². The van der Waals surface area contributed by atoms with E-state index in [-0.39, 0.29) is 30.6 Å². The number of hydrogen-bond donors (Lipinski definition) is 2. The van der Waals surface area contributed by atoms with Gasteiger partial charge in [-0.05, 0) is 45.1 Å². The minimum atomic E-state index is -1.01. The van der Waals surface area contributed by atoms with Crippen LogP contribution in [0.3, 0.4) is 0 Å². The maximum Gasteiger partial charge on any atom is 0.223 e. The zero-order chi connectivity index (χ0) is 14.8. The van der Waals surface area contributed by atoms with E-state index in [0.717, 1.165) is 17.7 Å². The van der Waals surface area contributed by atoms with Gasteiger partial charge in [-0.2, -0.15) is 0 Å². The van der Waals surface area contributed by atoms with Gasteiger partial charge in [0.2, 0.25) is 5.91 Å². The predicted molar refractivity (Wildman–Crippen MR) is 79.6 cm³/mol. The first-order valence-corrected chi connectivity index (χ1v) is 7.96. The lowest BCUT2D eigenvalue weighted by Crippen LogP contribution is -2.44. The van der Waals surface area contributed by atoms with Crippen molar-refractivity contribution >= 4 is 17.2 Å². The van der Waals surface area contributed by atoms with Gasteiger partial charge < -0.3 is 15.2 Å². The first-order valence-electron chi connectivity index (χ1n) is 7.08. The number of ether oxygens (including phenoxy) is 1. The number of rotatable bonds is 4. The lowest BCUT2D eigenvalue weighted by Gasteiger charge is -2.32. The summed E-state index contributed by atoms with van der Waals surface area (Å²) in [5.41, 5.74) is -1.01. The average molecular weight is 297 g/mol. The monoisotopic (exact) mass is 297 g/mol. The summed E-state index contributed by atoms with van der Waals surface area (Å²) in [6.07, 6.45) is 1.73. The van der Waals surface area contributed by atoms with E-state index >= 15 is 0 Å². The van der Waals surface area contributed by atoms with Crippen molar-refractivity contribution in [3.8, 4) is 0 Å². The molecular weight excluding hydrogens is 274 g/mol. The molecule has 4 nitrogen and oxygen atoms in total. The standard InChI is InChI=1S/C15H23NO3S/c1-10-7-12(8-11(2)19-10)14(17)16-9-15(3,18)13-5-4-6-20-13/h4-6,10-12,18H,7-9H2,1-3H3,(H,16,17). The molecule has 0 bridgehead atoms. The Morgan fingerprint density at radius 2 is 2.15 bits per heavy atom. The second-order valence-corrected chi connectivity index (χ2v) is 6.84. The van der Waals surface area contributed by atoms with Gasteiger partial charge in [0.05, 0.1) is 18.8 Å². The first-order chi connectivity index (χ1) is 9.38. The van der Waals surface area contributed by atoms with E-state index in [1.165, 1.54) is 11.3 Å². The van der Waals surface area contributed by atoms with Crippen molar-refractivity contribution in [1.82, 2.24) is 5.32 Å². The molecule has 0 radical (unpaired) electrons. The average Bonchev–Trinajstić information content (AvgIpc) is 2.89. The zero-order valence-corrected chi connectivity index (χ0v) is 13.1. The molecule has 1 aliphatic heterocycles. The normalized spacial score (nSPS) is 29.7. The molecule has 1 aromatic rings. The van der Waals surface area contributed by atoms with Crippen LogP contribution in [0.15, 0.2) is 17.5 Å². The molecule has 1 amide bonds. The Hall–Kier alpha value is -0.910. The maximum atomic E-state index is 12.2. The Morgan fingerprint density at radius 3 is 2.70 bits per heavy atom. The molecule has 5 heteroatoms. The smallest absolute Gasteiger partial charge is 0.223 e. The third-order valence-electron chi connectivity index (χ3n) is 3.73. The van der Waals surface area contributed by atoms with Crippen LogP contribution in [0.4, 0.5) is 0 Å². The SMILES string of the molecule is CC1CC(C(=O)NCC(C)(O)c2cccs2)CC(C)O1. The summed E-state index contributed by atoms with van der Waals surface area (Å²) >= 11 is 1.50. The number of carbonyl (C=O) groups is 1. The molecule has 112 valence electrons. The van der Waals surface area contributed by atoms with E-state index in [9.17, 15) is 9.90 Å². The van der Waals surface area contributed by atoms with Crippen LogP contribution in [-0.4, -0.2) is 29.8 Å². The van der Waals surface area contributed by atoms with Gasteiger partial charge in [-0.15, -0.1) is 11.3 Å². The van der Waals surface area contributed by atoms with Gasteiger partial charge in [0.1, 0.15) is 5.60 Å². The Kier molecular flexibility index (Phi) is 4.83. The van der Waals surface area contributed by atoms with Crippen LogP contribution >= 0.6 is 11.3 Å². The lowest BCUT2D eigenvalue weighted by atomic mass is 9.91. The van der Waals surface area contributed by atoms with Crippen LogP contribution < -0.4 is 5.32 Å². The first kappa shape index (κ1) is 15.5. The molecule has 1 fully saturated rings. The summed E-state index contributed by atoms with van der Waals surface area (Å²) in [6.45, 7) is 5.97. The molecule has 20 heavy (non-hydrogen) atoms. The van der Waals surface area contributed by atoms with Gasteiger partial charge in [-0.25, -0.2) is 0 Å².